The number of aromatic nitrogens is 5. The highest BCUT2D eigenvalue weighted by molar-refractivity contribution is 6.34. The smallest absolute Gasteiger partial charge is 0.263 e. The minimum absolute atomic E-state index is 0.0506. The van der Waals surface area contributed by atoms with E-state index < -0.39 is 5.41 Å². The number of nitrogens with two attached hydrogens (primary N) is 1. The first-order valence-electron chi connectivity index (χ1n) is 14.5. The van der Waals surface area contributed by atoms with Crippen LogP contribution in [-0.4, -0.2) is 44.3 Å². The molecule has 206 valence electrons. The lowest BCUT2D eigenvalue weighted by molar-refractivity contribution is 0.187. The Balaban J connectivity index is 1.07. The van der Waals surface area contributed by atoms with Crippen LogP contribution in [0, 0.1) is 5.41 Å². The summed E-state index contributed by atoms with van der Waals surface area (Å²) in [5.74, 6) is 1.31. The first-order valence-corrected chi connectivity index (χ1v) is 14.8. The van der Waals surface area contributed by atoms with Crippen LogP contribution in [0.15, 0.2) is 41.3 Å². The molecule has 4 aliphatic rings. The summed E-state index contributed by atoms with van der Waals surface area (Å²) in [6, 6.07) is 11.0. The van der Waals surface area contributed by atoms with Crippen molar-refractivity contribution in [3.05, 3.63) is 74.3 Å². The zero-order valence-corrected chi connectivity index (χ0v) is 23.1. The Morgan fingerprint density at radius 3 is 2.62 bits per heavy atom. The number of anilines is 2. The van der Waals surface area contributed by atoms with Crippen LogP contribution in [0.5, 0.6) is 0 Å². The molecule has 8 rings (SSSR count). The number of hydrogen-bond acceptors (Lipinski definition) is 7. The van der Waals surface area contributed by atoms with E-state index in [0.717, 1.165) is 75.1 Å². The molecule has 0 unspecified atom stereocenters. The highest BCUT2D eigenvalue weighted by Crippen LogP contribution is 2.56. The van der Waals surface area contributed by atoms with Crippen LogP contribution in [0.2, 0.25) is 5.02 Å². The third kappa shape index (κ3) is 3.56. The number of nitrogens with one attached hydrogen (secondary N) is 3. The Hall–Kier alpha value is -3.43. The summed E-state index contributed by atoms with van der Waals surface area (Å²) in [6.07, 6.45) is 9.99. The van der Waals surface area contributed by atoms with Gasteiger partial charge >= 0.3 is 0 Å². The summed E-state index contributed by atoms with van der Waals surface area (Å²) in [5.41, 5.74) is 11.1. The van der Waals surface area contributed by atoms with Crippen LogP contribution in [0.1, 0.15) is 73.4 Å². The van der Waals surface area contributed by atoms with Crippen molar-refractivity contribution >= 4 is 34.4 Å². The maximum Gasteiger partial charge on any atom is 0.263 e. The second kappa shape index (κ2) is 8.78. The van der Waals surface area contributed by atoms with Gasteiger partial charge in [0.2, 0.25) is 5.95 Å². The monoisotopic (exact) mass is 556 g/mol. The number of aromatic amines is 2. The molecule has 1 aliphatic heterocycles. The third-order valence-corrected chi connectivity index (χ3v) is 10.5. The third-order valence-electron chi connectivity index (χ3n) is 10.1. The molecule has 40 heavy (non-hydrogen) atoms. The normalized spacial score (nSPS) is 22.9. The molecular weight excluding hydrogens is 524 g/mol. The van der Waals surface area contributed by atoms with Crippen LogP contribution in [0.4, 0.5) is 11.8 Å². The second-order valence-electron chi connectivity index (χ2n) is 12.3. The molecule has 1 aromatic carbocycles. The Morgan fingerprint density at radius 2 is 1.90 bits per heavy atom. The van der Waals surface area contributed by atoms with Gasteiger partial charge in [-0.2, -0.15) is 10.1 Å². The number of piperidine rings is 1. The Labute approximate surface area is 236 Å². The molecule has 10 heteroatoms. The van der Waals surface area contributed by atoms with E-state index in [1.165, 1.54) is 17.5 Å². The molecule has 4 heterocycles. The summed E-state index contributed by atoms with van der Waals surface area (Å²) >= 11 is 6.90. The van der Waals surface area contributed by atoms with Gasteiger partial charge in [-0.3, -0.25) is 14.9 Å². The van der Waals surface area contributed by atoms with Gasteiger partial charge in [0.05, 0.1) is 10.7 Å². The van der Waals surface area contributed by atoms with E-state index in [1.54, 1.807) is 6.20 Å². The van der Waals surface area contributed by atoms with Gasteiger partial charge in [0, 0.05) is 36.8 Å². The van der Waals surface area contributed by atoms with Gasteiger partial charge < -0.3 is 16.0 Å². The van der Waals surface area contributed by atoms with Crippen molar-refractivity contribution < 1.29 is 0 Å². The van der Waals surface area contributed by atoms with Crippen LogP contribution < -0.4 is 21.5 Å². The predicted molar refractivity (Wildman–Crippen MR) is 156 cm³/mol. The molecule has 1 saturated heterocycles. The van der Waals surface area contributed by atoms with Crippen molar-refractivity contribution in [3.8, 4) is 0 Å². The minimum atomic E-state index is -0.407. The van der Waals surface area contributed by atoms with Crippen LogP contribution >= 0.6 is 11.6 Å². The number of pyridine rings is 1. The molecule has 3 aromatic heterocycles. The number of benzene rings is 1. The maximum absolute atomic E-state index is 13.6. The van der Waals surface area contributed by atoms with Crippen molar-refractivity contribution in [2.24, 2.45) is 11.1 Å². The average molecular weight is 557 g/mol. The van der Waals surface area contributed by atoms with Gasteiger partial charge in [-0.05, 0) is 79.5 Å². The fraction of sp³-hybridized carbons (Fsp3) is 0.467. The van der Waals surface area contributed by atoms with Crippen molar-refractivity contribution in [3.63, 3.8) is 0 Å². The van der Waals surface area contributed by atoms with Crippen molar-refractivity contribution in [1.82, 2.24) is 25.1 Å². The minimum Gasteiger partial charge on any atom is -0.366 e. The number of H-pyrrole nitrogens is 2. The molecular formula is C30H33ClN8O. The first-order chi connectivity index (χ1) is 19.5. The number of nitrogens with zero attached hydrogens (tertiary/aromatic N) is 4. The lowest BCUT2D eigenvalue weighted by Gasteiger charge is -2.42. The van der Waals surface area contributed by atoms with E-state index in [2.05, 4.69) is 54.6 Å². The average Bonchev–Trinajstić information content (AvgIpc) is 3.54. The zero-order valence-electron chi connectivity index (χ0n) is 22.3. The molecule has 2 saturated carbocycles. The van der Waals surface area contributed by atoms with Crippen LogP contribution in [0.25, 0.3) is 11.0 Å². The van der Waals surface area contributed by atoms with Gasteiger partial charge in [0.1, 0.15) is 11.2 Å². The SMILES string of the molecule is N[C@@H]1c2ccccc2CC12CCN(c1nc3[nH]nc(C4(c5ccnc(NC6CCC6)c5Cl)CC4)c3c(=O)[nH]1)CC2. The standard InChI is InChI=1S/C30H33ClN8O/c31-22-20(8-13-33-26(22)34-18-5-3-6-18)30(9-10-30)24-21-25(38-37-24)35-28(36-27(21)40)39-14-11-29(12-15-39)16-17-4-1-2-7-19(17)23(29)32/h1-2,4,7-8,13,18,23H,3,5-6,9-12,14-16,32H2,(H,33,34)(H2,35,36,37,38,40)/t23-/m1/s1. The molecule has 1 atom stereocenters. The number of fused-ring (bicyclic) bond motifs is 2. The molecule has 9 nitrogen and oxygen atoms in total. The summed E-state index contributed by atoms with van der Waals surface area (Å²) in [4.78, 5) is 28.2. The molecule has 0 amide bonds. The lowest BCUT2D eigenvalue weighted by Crippen LogP contribution is -2.45. The van der Waals surface area contributed by atoms with Gasteiger partial charge in [-0.1, -0.05) is 35.9 Å². The summed E-state index contributed by atoms with van der Waals surface area (Å²) in [5, 5.41) is 12.4. The molecule has 3 fully saturated rings. The Kier molecular flexibility index (Phi) is 5.35. The Bertz CT molecular complexity index is 1680. The summed E-state index contributed by atoms with van der Waals surface area (Å²) in [6.45, 7) is 1.59. The van der Waals surface area contributed by atoms with Gasteiger partial charge in [-0.25, -0.2) is 4.98 Å². The molecule has 3 aliphatic carbocycles. The van der Waals surface area contributed by atoms with Crippen LogP contribution in [0.3, 0.4) is 0 Å². The highest BCUT2D eigenvalue weighted by Gasteiger charge is 2.51. The largest absolute Gasteiger partial charge is 0.366 e. The topological polar surface area (TPSA) is 129 Å². The van der Waals surface area contributed by atoms with E-state index in [0.29, 0.717) is 28.0 Å². The molecule has 0 radical (unpaired) electrons. The number of halogens is 1. The summed E-state index contributed by atoms with van der Waals surface area (Å²) in [7, 11) is 0. The van der Waals surface area contributed by atoms with Crippen LogP contribution in [-0.2, 0) is 11.8 Å². The quantitative estimate of drug-likeness (QED) is 0.283. The molecule has 5 N–H and O–H groups in total. The van der Waals surface area contributed by atoms with Gasteiger partial charge in [0.25, 0.3) is 5.56 Å². The fourth-order valence-corrected chi connectivity index (χ4v) is 7.66. The van der Waals surface area contributed by atoms with Crippen molar-refractivity contribution in [2.75, 3.05) is 23.3 Å². The predicted octanol–water partition coefficient (Wildman–Crippen LogP) is 4.58. The van der Waals surface area contributed by atoms with Crippen molar-refractivity contribution in [1.29, 1.82) is 0 Å². The molecule has 0 bridgehead atoms. The van der Waals surface area contributed by atoms with E-state index in [9.17, 15) is 4.79 Å². The van der Waals surface area contributed by atoms with E-state index in [-0.39, 0.29) is 17.0 Å². The van der Waals surface area contributed by atoms with Gasteiger partial charge in [0.15, 0.2) is 5.65 Å². The summed E-state index contributed by atoms with van der Waals surface area (Å²) < 4.78 is 0. The molecule has 1 spiro atoms. The molecule has 4 aromatic rings. The van der Waals surface area contributed by atoms with E-state index in [1.807, 2.05) is 6.07 Å². The highest BCUT2D eigenvalue weighted by atomic mass is 35.5. The Morgan fingerprint density at radius 1 is 1.10 bits per heavy atom. The maximum atomic E-state index is 13.6. The zero-order chi connectivity index (χ0) is 27.1. The lowest BCUT2D eigenvalue weighted by atomic mass is 9.73. The van der Waals surface area contributed by atoms with Gasteiger partial charge in [-0.15, -0.1) is 0 Å². The second-order valence-corrected chi connectivity index (χ2v) is 12.6. The van der Waals surface area contributed by atoms with E-state index >= 15 is 0 Å². The first kappa shape index (κ1) is 24.4. The number of rotatable bonds is 5. The van der Waals surface area contributed by atoms with Crippen molar-refractivity contribution in [2.45, 2.75) is 68.9 Å². The van der Waals surface area contributed by atoms with E-state index in [4.69, 9.17) is 22.3 Å². The number of hydrogen-bond donors (Lipinski definition) is 4. The fourth-order valence-electron chi connectivity index (χ4n) is 7.31.